The highest BCUT2D eigenvalue weighted by atomic mass is 16.4. The topological polar surface area (TPSA) is 78.4 Å². The molecule has 0 bridgehead atoms. The molecule has 1 fully saturated rings. The fourth-order valence-electron chi connectivity index (χ4n) is 2.82. The number of rotatable bonds is 4. The molecule has 5 nitrogen and oxygen atoms in total. The number of aliphatic carboxylic acids is 1. The molecule has 2 atom stereocenters. The van der Waals surface area contributed by atoms with Gasteiger partial charge in [-0.2, -0.15) is 0 Å². The molecular weight excluding hydrogens is 244 g/mol. The first kappa shape index (κ1) is 14.1. The first-order chi connectivity index (χ1) is 9.15. The fourth-order valence-corrected chi connectivity index (χ4v) is 2.82. The van der Waals surface area contributed by atoms with Crippen molar-refractivity contribution in [2.24, 2.45) is 5.41 Å². The summed E-state index contributed by atoms with van der Waals surface area (Å²) >= 11 is 0. The smallest absolute Gasteiger partial charge is 0.319 e. The Labute approximate surface area is 113 Å². The Bertz CT molecular complexity index is 375. The fraction of sp³-hybridized carbons (Fsp3) is 0.714. The summed E-state index contributed by atoms with van der Waals surface area (Å²) < 4.78 is 0. The van der Waals surface area contributed by atoms with Crippen molar-refractivity contribution in [3.63, 3.8) is 0 Å². The molecule has 1 heterocycles. The third-order valence-electron chi connectivity index (χ3n) is 4.14. The molecule has 1 saturated heterocycles. The van der Waals surface area contributed by atoms with E-state index in [-0.39, 0.29) is 11.9 Å². The highest BCUT2D eigenvalue weighted by Gasteiger charge is 2.45. The number of carbonyl (C=O) groups excluding carboxylic acids is 1. The number of carboxylic acids is 1. The first-order valence-electron chi connectivity index (χ1n) is 7.05. The van der Waals surface area contributed by atoms with Crippen LogP contribution in [-0.4, -0.2) is 36.1 Å². The van der Waals surface area contributed by atoms with E-state index in [9.17, 15) is 14.7 Å². The second kappa shape index (κ2) is 6.19. The Morgan fingerprint density at radius 3 is 2.79 bits per heavy atom. The molecule has 1 aliphatic heterocycles. The summed E-state index contributed by atoms with van der Waals surface area (Å²) in [5.74, 6) is -1.34. The SMILES string of the molecule is O=C(O)C1(C(=O)NCC2CCCCN2)CC=CCC1. The zero-order valence-electron chi connectivity index (χ0n) is 11.2. The number of carbonyl (C=O) groups is 2. The maximum absolute atomic E-state index is 12.3. The standard InChI is InChI=1S/C14H22N2O3/c17-12(16-10-11-6-2-5-9-15-11)14(13(18)19)7-3-1-4-8-14/h1,3,11,15H,2,4-10H2,(H,16,17)(H,18,19). The largest absolute Gasteiger partial charge is 0.480 e. The monoisotopic (exact) mass is 266 g/mol. The summed E-state index contributed by atoms with van der Waals surface area (Å²) in [6.07, 6.45) is 8.47. The van der Waals surface area contributed by atoms with E-state index in [0.717, 1.165) is 13.0 Å². The van der Waals surface area contributed by atoms with Gasteiger partial charge in [-0.15, -0.1) is 0 Å². The van der Waals surface area contributed by atoms with Crippen molar-refractivity contribution in [1.29, 1.82) is 0 Å². The molecular formula is C14H22N2O3. The lowest BCUT2D eigenvalue weighted by atomic mass is 9.76. The molecule has 19 heavy (non-hydrogen) atoms. The predicted octanol–water partition coefficient (Wildman–Crippen LogP) is 1.06. The number of nitrogens with one attached hydrogen (secondary N) is 2. The van der Waals surface area contributed by atoms with Crippen molar-refractivity contribution in [3.05, 3.63) is 12.2 Å². The van der Waals surface area contributed by atoms with Crippen molar-refractivity contribution in [2.75, 3.05) is 13.1 Å². The molecule has 2 rings (SSSR count). The zero-order valence-corrected chi connectivity index (χ0v) is 11.2. The van der Waals surface area contributed by atoms with Crippen LogP contribution in [0.5, 0.6) is 0 Å². The van der Waals surface area contributed by atoms with Crippen molar-refractivity contribution >= 4 is 11.9 Å². The van der Waals surface area contributed by atoms with Gasteiger partial charge in [-0.05, 0) is 38.6 Å². The van der Waals surface area contributed by atoms with Gasteiger partial charge in [0, 0.05) is 12.6 Å². The van der Waals surface area contributed by atoms with Gasteiger partial charge in [0.1, 0.15) is 5.41 Å². The number of allylic oxidation sites excluding steroid dienone is 2. The molecule has 0 saturated carbocycles. The minimum absolute atomic E-state index is 0.280. The molecule has 0 aromatic rings. The van der Waals surface area contributed by atoms with Crippen LogP contribution in [0.3, 0.4) is 0 Å². The summed E-state index contributed by atoms with van der Waals surface area (Å²) in [4.78, 5) is 23.7. The second-order valence-corrected chi connectivity index (χ2v) is 5.46. The van der Waals surface area contributed by atoms with Gasteiger partial charge in [0.2, 0.25) is 5.91 Å². The number of piperidine rings is 1. The molecule has 106 valence electrons. The maximum atomic E-state index is 12.3. The van der Waals surface area contributed by atoms with Crippen LogP contribution >= 0.6 is 0 Å². The maximum Gasteiger partial charge on any atom is 0.319 e. The summed E-state index contributed by atoms with van der Waals surface area (Å²) in [7, 11) is 0. The minimum atomic E-state index is -1.26. The zero-order chi connectivity index (χ0) is 13.7. The molecule has 2 unspecified atom stereocenters. The van der Waals surface area contributed by atoms with E-state index < -0.39 is 11.4 Å². The quantitative estimate of drug-likeness (QED) is 0.525. The van der Waals surface area contributed by atoms with Crippen LogP contribution in [0.25, 0.3) is 0 Å². The Kier molecular flexibility index (Phi) is 4.58. The average molecular weight is 266 g/mol. The van der Waals surface area contributed by atoms with Crippen molar-refractivity contribution in [1.82, 2.24) is 10.6 Å². The molecule has 3 N–H and O–H groups in total. The minimum Gasteiger partial charge on any atom is -0.480 e. The van der Waals surface area contributed by atoms with Gasteiger partial charge in [0.15, 0.2) is 0 Å². The van der Waals surface area contributed by atoms with E-state index in [1.165, 1.54) is 12.8 Å². The van der Waals surface area contributed by atoms with Crippen molar-refractivity contribution in [2.45, 2.75) is 44.6 Å². The summed E-state index contributed by atoms with van der Waals surface area (Å²) in [5.41, 5.74) is -1.26. The van der Waals surface area contributed by atoms with E-state index in [1.807, 2.05) is 6.08 Å². The molecule has 5 heteroatoms. The highest BCUT2D eigenvalue weighted by molar-refractivity contribution is 6.02. The molecule has 2 aliphatic rings. The van der Waals surface area contributed by atoms with E-state index in [0.29, 0.717) is 25.8 Å². The molecule has 0 radical (unpaired) electrons. The average Bonchev–Trinajstić information content (AvgIpc) is 2.46. The van der Waals surface area contributed by atoms with Crippen LogP contribution in [-0.2, 0) is 9.59 Å². The van der Waals surface area contributed by atoms with Crippen LogP contribution in [0.4, 0.5) is 0 Å². The first-order valence-corrected chi connectivity index (χ1v) is 7.05. The Hall–Kier alpha value is -1.36. The Morgan fingerprint density at radius 2 is 2.21 bits per heavy atom. The lowest BCUT2D eigenvalue weighted by Crippen LogP contribution is -2.51. The third-order valence-corrected chi connectivity index (χ3v) is 4.14. The summed E-state index contributed by atoms with van der Waals surface area (Å²) in [5, 5.41) is 15.6. The molecule has 0 aromatic heterocycles. The van der Waals surface area contributed by atoms with Crippen LogP contribution < -0.4 is 10.6 Å². The van der Waals surface area contributed by atoms with Crippen LogP contribution in [0.2, 0.25) is 0 Å². The van der Waals surface area contributed by atoms with Gasteiger partial charge < -0.3 is 15.7 Å². The lowest BCUT2D eigenvalue weighted by Gasteiger charge is -2.30. The molecule has 1 aliphatic carbocycles. The van der Waals surface area contributed by atoms with E-state index in [1.54, 1.807) is 6.08 Å². The van der Waals surface area contributed by atoms with Crippen molar-refractivity contribution in [3.8, 4) is 0 Å². The van der Waals surface area contributed by atoms with Crippen LogP contribution in [0, 0.1) is 5.41 Å². The highest BCUT2D eigenvalue weighted by Crippen LogP contribution is 2.33. The van der Waals surface area contributed by atoms with Gasteiger partial charge in [-0.1, -0.05) is 18.6 Å². The van der Waals surface area contributed by atoms with Gasteiger partial charge in [0.05, 0.1) is 0 Å². The Balaban J connectivity index is 1.92. The number of amides is 1. The Morgan fingerprint density at radius 1 is 1.37 bits per heavy atom. The number of hydrogen-bond donors (Lipinski definition) is 3. The molecule has 0 spiro atoms. The summed E-state index contributed by atoms with van der Waals surface area (Å²) in [6, 6.07) is 0.280. The second-order valence-electron chi connectivity index (χ2n) is 5.46. The third kappa shape index (κ3) is 3.15. The van der Waals surface area contributed by atoms with Gasteiger partial charge >= 0.3 is 5.97 Å². The van der Waals surface area contributed by atoms with Crippen LogP contribution in [0.1, 0.15) is 38.5 Å². The normalized spacial score (nSPS) is 30.8. The van der Waals surface area contributed by atoms with E-state index >= 15 is 0 Å². The molecule has 0 aromatic carbocycles. The summed E-state index contributed by atoms with van der Waals surface area (Å²) in [6.45, 7) is 1.50. The van der Waals surface area contributed by atoms with E-state index in [4.69, 9.17) is 0 Å². The van der Waals surface area contributed by atoms with Crippen molar-refractivity contribution < 1.29 is 14.7 Å². The van der Waals surface area contributed by atoms with Gasteiger partial charge in [0.25, 0.3) is 0 Å². The number of hydrogen-bond acceptors (Lipinski definition) is 3. The molecule has 1 amide bonds. The number of carboxylic acid groups (broad SMARTS) is 1. The predicted molar refractivity (Wildman–Crippen MR) is 71.7 cm³/mol. The van der Waals surface area contributed by atoms with E-state index in [2.05, 4.69) is 10.6 Å². The van der Waals surface area contributed by atoms with Gasteiger partial charge in [-0.3, -0.25) is 9.59 Å². The van der Waals surface area contributed by atoms with Crippen LogP contribution in [0.15, 0.2) is 12.2 Å². The van der Waals surface area contributed by atoms with Gasteiger partial charge in [-0.25, -0.2) is 0 Å². The lowest BCUT2D eigenvalue weighted by molar-refractivity contribution is -0.156.